The Hall–Kier alpha value is -1.87. The van der Waals surface area contributed by atoms with Crippen LogP contribution in [0.25, 0.3) is 43.1 Å². The van der Waals surface area contributed by atoms with Gasteiger partial charge in [0.25, 0.3) is 0 Å². The molecule has 0 bridgehead atoms. The van der Waals surface area contributed by atoms with Crippen LogP contribution in [-0.4, -0.2) is 7.63 Å². The third-order valence-corrected chi connectivity index (χ3v) is 5.09. The van der Waals surface area contributed by atoms with Crippen molar-refractivity contribution in [3.63, 3.8) is 0 Å². The summed E-state index contributed by atoms with van der Waals surface area (Å²) in [5, 5.41) is 10.7. The molecule has 0 spiro atoms. The van der Waals surface area contributed by atoms with Crippen LogP contribution in [0.1, 0.15) is 0 Å². The van der Waals surface area contributed by atoms with Gasteiger partial charge in [-0.3, -0.25) is 0 Å². The molecule has 0 saturated heterocycles. The average molecular weight is 509 g/mol. The molecule has 0 N–H and O–H groups in total. The van der Waals surface area contributed by atoms with Crippen molar-refractivity contribution in [2.45, 2.75) is 0 Å². The first-order valence-corrected chi connectivity index (χ1v) is 12.1. The molecule has 6 aromatic carbocycles. The second-order valence-corrected chi connectivity index (χ2v) is 6.63. The summed E-state index contributed by atoms with van der Waals surface area (Å²) < 4.78 is 0. The quantitative estimate of drug-likeness (QED) is 0.142. The molecular weight excluding hydrogens is 483 g/mol. The van der Waals surface area contributed by atoms with Gasteiger partial charge >= 0.3 is 26.8 Å². The van der Waals surface area contributed by atoms with Crippen LogP contribution in [0, 0.1) is 14.9 Å². The molecule has 0 aliphatic heterocycles. The van der Waals surface area contributed by atoms with Crippen LogP contribution < -0.4 is 0 Å². The van der Waals surface area contributed by atoms with Gasteiger partial charge in [0.2, 0.25) is 0 Å². The Kier molecular flexibility index (Phi) is 13.5. The largest absolute Gasteiger partial charge is 0.168 e. The van der Waals surface area contributed by atoms with E-state index in [1.165, 1.54) is 43.1 Å². The molecule has 32 heavy (non-hydrogen) atoms. The third kappa shape index (κ3) is 6.13. The molecule has 0 unspecified atom stereocenters. The third-order valence-electron chi connectivity index (χ3n) is 5.09. The fraction of sp³-hybridized carbons (Fsp3) is 0. The van der Waals surface area contributed by atoms with Crippen molar-refractivity contribution in [2.75, 3.05) is 0 Å². The normalized spacial score (nSPS) is 9.09. The van der Waals surface area contributed by atoms with E-state index in [2.05, 4.69) is 117 Å². The zero-order valence-electron chi connectivity index (χ0n) is 18.2. The standard InChI is InChI=1S/2C13H9.2CH3.2ClH.Si.Ti/c2*1-2-6-12-10(4-1)8-9-11-5-3-7-13(11)12;;;;;;/h2*1-9H;2*1H3;2*1H;;/q4*-1;;;;. The van der Waals surface area contributed by atoms with Gasteiger partial charge in [-0.25, -0.2) is 0 Å². The van der Waals surface area contributed by atoms with E-state index in [-0.39, 0.29) is 39.7 Å². The first-order valence-electron chi connectivity index (χ1n) is 9.21. The second kappa shape index (κ2) is 14.3. The van der Waals surface area contributed by atoms with Crippen LogP contribution in [0.3, 0.4) is 0 Å². The van der Waals surface area contributed by atoms with E-state index >= 15 is 0 Å². The van der Waals surface area contributed by atoms with Crippen molar-refractivity contribution in [1.29, 1.82) is 0 Å². The number of halogens is 2. The summed E-state index contributed by atoms with van der Waals surface area (Å²) in [6, 6.07) is 38.6. The van der Waals surface area contributed by atoms with Gasteiger partial charge in [0.15, 0.2) is 0 Å². The zero-order valence-corrected chi connectivity index (χ0v) is 22.4. The predicted molar refractivity (Wildman–Crippen MR) is 147 cm³/mol. The molecular formula is C28H26Cl2SiTi-4. The van der Waals surface area contributed by atoms with Gasteiger partial charge < -0.3 is 14.9 Å². The molecule has 0 aromatic heterocycles. The maximum absolute atomic E-state index is 2.97. The SMILES string of the molecule is Cl.Cl.[CH3-].[CH3-].[Si]=[Ti].c1ccc2c(c1)ccc1cc[cH-]c12.c1ccc2c(c1)ccc1cc[cH-]c12. The Bertz CT molecular complexity index is 1260. The van der Waals surface area contributed by atoms with Gasteiger partial charge in [-0.05, 0) is 0 Å². The van der Waals surface area contributed by atoms with Crippen molar-refractivity contribution in [3.8, 4) is 0 Å². The molecule has 0 saturated carbocycles. The molecule has 0 atom stereocenters. The maximum Gasteiger partial charge on any atom is -0.0606 e. The van der Waals surface area contributed by atoms with Crippen molar-refractivity contribution < 1.29 is 19.2 Å². The molecule has 6 aromatic rings. The first-order chi connectivity index (χ1) is 13.9. The van der Waals surface area contributed by atoms with Crippen LogP contribution in [0.15, 0.2) is 109 Å². The van der Waals surface area contributed by atoms with Crippen LogP contribution in [0.4, 0.5) is 0 Å². The average Bonchev–Trinajstić information content (AvgIpc) is 3.45. The van der Waals surface area contributed by atoms with Gasteiger partial charge in [0.1, 0.15) is 0 Å². The molecule has 0 fully saturated rings. The molecule has 4 heteroatoms. The van der Waals surface area contributed by atoms with Gasteiger partial charge in [0.05, 0.1) is 0 Å². The van der Waals surface area contributed by atoms with Gasteiger partial charge in [-0.2, -0.15) is 24.3 Å². The first kappa shape index (κ1) is 30.1. The summed E-state index contributed by atoms with van der Waals surface area (Å²) in [6.45, 7) is 0. The molecule has 2 radical (unpaired) electrons. The van der Waals surface area contributed by atoms with E-state index in [0.29, 0.717) is 0 Å². The van der Waals surface area contributed by atoms with Gasteiger partial charge in [-0.15, -0.1) is 70.6 Å². The monoisotopic (exact) mass is 508 g/mol. The maximum atomic E-state index is 2.97. The fourth-order valence-corrected chi connectivity index (χ4v) is 3.78. The van der Waals surface area contributed by atoms with E-state index in [1.807, 2.05) is 0 Å². The Morgan fingerprint density at radius 3 is 1.22 bits per heavy atom. The Balaban J connectivity index is 0.000000500. The molecule has 0 heterocycles. The van der Waals surface area contributed by atoms with Crippen molar-refractivity contribution in [1.82, 2.24) is 0 Å². The fourth-order valence-electron chi connectivity index (χ4n) is 3.78. The summed E-state index contributed by atoms with van der Waals surface area (Å²) in [5.74, 6) is 0. The topological polar surface area (TPSA) is 0 Å². The van der Waals surface area contributed by atoms with E-state index < -0.39 is 0 Å². The summed E-state index contributed by atoms with van der Waals surface area (Å²) in [6.07, 6.45) is 0. The summed E-state index contributed by atoms with van der Waals surface area (Å²) in [5.41, 5.74) is 0. The smallest absolute Gasteiger partial charge is 0.0606 e. The minimum Gasteiger partial charge on any atom is -0.168 e. The van der Waals surface area contributed by atoms with E-state index in [1.54, 1.807) is 19.2 Å². The summed E-state index contributed by atoms with van der Waals surface area (Å²) in [4.78, 5) is 0. The molecule has 0 amide bonds. The minimum absolute atomic E-state index is 0. The minimum atomic E-state index is 0. The van der Waals surface area contributed by atoms with Gasteiger partial charge in [-0.1, -0.05) is 82.2 Å². The second-order valence-electron chi connectivity index (χ2n) is 6.63. The summed E-state index contributed by atoms with van der Waals surface area (Å²) >= 11 is 1.81. The van der Waals surface area contributed by atoms with Gasteiger partial charge in [0, 0.05) is 0 Å². The van der Waals surface area contributed by atoms with Crippen LogP contribution >= 0.6 is 24.8 Å². The number of hydrogen-bond donors (Lipinski definition) is 0. The van der Waals surface area contributed by atoms with Crippen molar-refractivity contribution in [2.24, 2.45) is 0 Å². The predicted octanol–water partition coefficient (Wildman–Crippen LogP) is 8.78. The zero-order chi connectivity index (χ0) is 19.3. The number of hydrogen-bond acceptors (Lipinski definition) is 0. The van der Waals surface area contributed by atoms with E-state index in [0.717, 1.165) is 0 Å². The molecule has 6 rings (SSSR count). The van der Waals surface area contributed by atoms with Crippen molar-refractivity contribution in [3.05, 3.63) is 124 Å². The molecule has 0 aliphatic rings. The van der Waals surface area contributed by atoms with Crippen LogP contribution in [-0.2, 0) is 19.2 Å². The Labute approximate surface area is 217 Å². The Morgan fingerprint density at radius 1 is 0.469 bits per heavy atom. The number of rotatable bonds is 0. The van der Waals surface area contributed by atoms with E-state index in [4.69, 9.17) is 0 Å². The molecule has 164 valence electrons. The van der Waals surface area contributed by atoms with Crippen molar-refractivity contribution >= 4 is 75.5 Å². The number of benzene rings is 4. The molecule has 0 aliphatic carbocycles. The van der Waals surface area contributed by atoms with E-state index in [9.17, 15) is 0 Å². The van der Waals surface area contributed by atoms with Crippen LogP contribution in [0.5, 0.6) is 0 Å². The number of fused-ring (bicyclic) bond motifs is 6. The van der Waals surface area contributed by atoms with Crippen LogP contribution in [0.2, 0.25) is 0 Å². The summed E-state index contributed by atoms with van der Waals surface area (Å²) in [7, 11) is 2.97. The molecule has 0 nitrogen and oxygen atoms in total. The Morgan fingerprint density at radius 2 is 0.812 bits per heavy atom.